The molecule has 0 aliphatic carbocycles. The lowest BCUT2D eigenvalue weighted by atomic mass is 10.3. The van der Waals surface area contributed by atoms with E-state index < -0.39 is 0 Å². The van der Waals surface area contributed by atoms with E-state index >= 15 is 0 Å². The first kappa shape index (κ1) is 7.69. The molecule has 0 spiro atoms. The molecule has 0 saturated heterocycles. The van der Waals surface area contributed by atoms with Gasteiger partial charge < -0.3 is 0 Å². The van der Waals surface area contributed by atoms with Gasteiger partial charge in [-0.2, -0.15) is 5.11 Å². The molecule has 1 aromatic rings. The van der Waals surface area contributed by atoms with E-state index in [-0.39, 0.29) is 6.04 Å². The maximum Gasteiger partial charge on any atom is 0.102 e. The minimum absolute atomic E-state index is 0.0440. The summed E-state index contributed by atoms with van der Waals surface area (Å²) in [6.45, 7) is 1.87. The van der Waals surface area contributed by atoms with Gasteiger partial charge in [-0.25, -0.2) is 5.53 Å². The van der Waals surface area contributed by atoms with Crippen molar-refractivity contribution < 1.29 is 0 Å². The van der Waals surface area contributed by atoms with Gasteiger partial charge in [0.05, 0.1) is 4.34 Å². The van der Waals surface area contributed by atoms with Crippen LogP contribution in [0.3, 0.4) is 0 Å². The lowest BCUT2D eigenvalue weighted by Crippen LogP contribution is -1.79. The highest BCUT2D eigenvalue weighted by Crippen LogP contribution is 2.28. The third kappa shape index (κ3) is 1.55. The minimum atomic E-state index is -0.0440. The zero-order chi connectivity index (χ0) is 7.56. The third-order valence-electron chi connectivity index (χ3n) is 1.20. The Labute approximate surface area is 68.3 Å². The van der Waals surface area contributed by atoms with Gasteiger partial charge in [-0.1, -0.05) is 11.6 Å². The van der Waals surface area contributed by atoms with E-state index in [2.05, 4.69) is 5.11 Å². The number of halogens is 1. The van der Waals surface area contributed by atoms with Crippen LogP contribution in [0.2, 0.25) is 4.34 Å². The molecule has 0 fully saturated rings. The number of thiophene rings is 1. The number of hydrogen-bond acceptors (Lipinski definition) is 3. The maximum atomic E-state index is 6.74. The summed E-state index contributed by atoms with van der Waals surface area (Å²) in [4.78, 5) is 1.04. The van der Waals surface area contributed by atoms with Crippen LogP contribution >= 0.6 is 22.9 Å². The van der Waals surface area contributed by atoms with Crippen LogP contribution in [0.5, 0.6) is 0 Å². The minimum Gasteiger partial charge on any atom is -0.209 e. The standard InChI is InChI=1S/C6H7ClN2S/c1-4(9-8)5-2-3-6(7)10-5/h2-4,8H,1H3. The number of rotatable bonds is 2. The van der Waals surface area contributed by atoms with Crippen molar-refractivity contribution in [3.05, 3.63) is 21.3 Å². The SMILES string of the molecule is CC(N=N)c1ccc(Cl)s1. The smallest absolute Gasteiger partial charge is 0.102 e. The largest absolute Gasteiger partial charge is 0.209 e. The highest BCUT2D eigenvalue weighted by atomic mass is 35.5. The molecule has 4 heteroatoms. The van der Waals surface area contributed by atoms with Crippen molar-refractivity contribution >= 4 is 22.9 Å². The molecule has 0 aromatic carbocycles. The molecule has 1 heterocycles. The van der Waals surface area contributed by atoms with E-state index in [0.29, 0.717) is 0 Å². The lowest BCUT2D eigenvalue weighted by Gasteiger charge is -1.96. The van der Waals surface area contributed by atoms with Gasteiger partial charge in [-0.3, -0.25) is 0 Å². The summed E-state index contributed by atoms with van der Waals surface area (Å²) < 4.78 is 0.755. The molecular formula is C6H7ClN2S. The Morgan fingerprint density at radius 1 is 1.70 bits per heavy atom. The van der Waals surface area contributed by atoms with Gasteiger partial charge in [0.1, 0.15) is 6.04 Å². The fourth-order valence-corrected chi connectivity index (χ4v) is 1.67. The first-order valence-corrected chi connectivity index (χ1v) is 4.05. The quantitative estimate of drug-likeness (QED) is 0.667. The van der Waals surface area contributed by atoms with Crippen molar-refractivity contribution in [2.45, 2.75) is 13.0 Å². The normalized spacial score (nSPS) is 13.0. The summed E-state index contributed by atoms with van der Waals surface area (Å²) in [5, 5.41) is 3.37. The van der Waals surface area contributed by atoms with Crippen LogP contribution < -0.4 is 0 Å². The Bertz CT molecular complexity index is 233. The average Bonchev–Trinajstić information content (AvgIpc) is 2.34. The summed E-state index contributed by atoms with van der Waals surface area (Å²) in [7, 11) is 0. The zero-order valence-corrected chi connectivity index (χ0v) is 7.04. The van der Waals surface area contributed by atoms with E-state index in [0.717, 1.165) is 9.21 Å². The topological polar surface area (TPSA) is 36.2 Å². The molecule has 1 unspecified atom stereocenters. The predicted molar refractivity (Wildman–Crippen MR) is 42.9 cm³/mol. The first-order chi connectivity index (χ1) is 4.74. The zero-order valence-electron chi connectivity index (χ0n) is 5.47. The molecule has 0 aliphatic rings. The fraction of sp³-hybridized carbons (Fsp3) is 0.333. The molecule has 0 amide bonds. The highest BCUT2D eigenvalue weighted by molar-refractivity contribution is 7.16. The summed E-state index contributed by atoms with van der Waals surface area (Å²) in [5.41, 5.74) is 6.74. The van der Waals surface area contributed by atoms with Gasteiger partial charge in [0.25, 0.3) is 0 Å². The van der Waals surface area contributed by atoms with E-state index in [1.54, 1.807) is 0 Å². The van der Waals surface area contributed by atoms with Crippen molar-refractivity contribution in [2.24, 2.45) is 5.11 Å². The summed E-state index contributed by atoms with van der Waals surface area (Å²) in [6, 6.07) is 3.68. The maximum absolute atomic E-state index is 6.74. The molecule has 1 aromatic heterocycles. The summed E-state index contributed by atoms with van der Waals surface area (Å²) in [6.07, 6.45) is 0. The van der Waals surface area contributed by atoms with E-state index in [9.17, 15) is 0 Å². The van der Waals surface area contributed by atoms with E-state index in [1.165, 1.54) is 11.3 Å². The molecule has 54 valence electrons. The van der Waals surface area contributed by atoms with Crippen molar-refractivity contribution in [3.63, 3.8) is 0 Å². The van der Waals surface area contributed by atoms with Gasteiger partial charge >= 0.3 is 0 Å². The van der Waals surface area contributed by atoms with Crippen LogP contribution in [0, 0.1) is 5.53 Å². The Morgan fingerprint density at radius 3 is 2.80 bits per heavy atom. The Hall–Kier alpha value is -0.410. The van der Waals surface area contributed by atoms with Crippen molar-refractivity contribution in [2.75, 3.05) is 0 Å². The van der Waals surface area contributed by atoms with Gasteiger partial charge in [0, 0.05) is 4.88 Å². The number of nitrogens with one attached hydrogen (secondary N) is 1. The number of hydrogen-bond donors (Lipinski definition) is 1. The van der Waals surface area contributed by atoms with Crippen molar-refractivity contribution in [1.29, 1.82) is 5.53 Å². The molecular weight excluding hydrogens is 168 g/mol. The Kier molecular flexibility index (Phi) is 2.40. The van der Waals surface area contributed by atoms with Gasteiger partial charge in [-0.15, -0.1) is 11.3 Å². The van der Waals surface area contributed by atoms with Crippen LogP contribution in [0.1, 0.15) is 17.8 Å². The van der Waals surface area contributed by atoms with Gasteiger partial charge in [-0.05, 0) is 19.1 Å². The second kappa shape index (κ2) is 3.12. The Morgan fingerprint density at radius 2 is 2.40 bits per heavy atom. The van der Waals surface area contributed by atoms with Crippen LogP contribution in [0.15, 0.2) is 17.2 Å². The van der Waals surface area contributed by atoms with Crippen molar-refractivity contribution in [1.82, 2.24) is 0 Å². The Balaban J connectivity index is 2.84. The van der Waals surface area contributed by atoms with Crippen molar-refractivity contribution in [3.8, 4) is 0 Å². The summed E-state index contributed by atoms with van der Waals surface area (Å²) >= 11 is 7.15. The van der Waals surface area contributed by atoms with E-state index in [4.69, 9.17) is 17.1 Å². The van der Waals surface area contributed by atoms with Gasteiger partial charge in [0.15, 0.2) is 0 Å². The molecule has 10 heavy (non-hydrogen) atoms. The molecule has 0 aliphatic heterocycles. The fourth-order valence-electron chi connectivity index (χ4n) is 0.616. The first-order valence-electron chi connectivity index (χ1n) is 2.86. The lowest BCUT2D eigenvalue weighted by molar-refractivity contribution is 0.748. The second-order valence-electron chi connectivity index (χ2n) is 1.95. The average molecular weight is 175 g/mol. The van der Waals surface area contributed by atoms with Crippen LogP contribution in [-0.4, -0.2) is 0 Å². The van der Waals surface area contributed by atoms with E-state index in [1.807, 2.05) is 19.1 Å². The highest BCUT2D eigenvalue weighted by Gasteiger charge is 2.04. The van der Waals surface area contributed by atoms with Crippen LogP contribution in [0.4, 0.5) is 0 Å². The molecule has 0 saturated carbocycles. The second-order valence-corrected chi connectivity index (χ2v) is 3.69. The molecule has 2 nitrogen and oxygen atoms in total. The molecule has 1 rings (SSSR count). The van der Waals surface area contributed by atoms with Crippen LogP contribution in [-0.2, 0) is 0 Å². The molecule has 1 atom stereocenters. The monoisotopic (exact) mass is 174 g/mol. The number of nitrogens with zero attached hydrogens (tertiary/aromatic N) is 1. The van der Waals surface area contributed by atoms with Gasteiger partial charge in [0.2, 0.25) is 0 Å². The molecule has 0 radical (unpaired) electrons. The molecule has 0 bridgehead atoms. The van der Waals surface area contributed by atoms with Crippen LogP contribution in [0.25, 0.3) is 0 Å². The predicted octanol–water partition coefficient (Wildman–Crippen LogP) is 3.49. The summed E-state index contributed by atoms with van der Waals surface area (Å²) in [5.74, 6) is 0. The third-order valence-corrected chi connectivity index (χ3v) is 2.60. The molecule has 1 N–H and O–H groups in total.